The van der Waals surface area contributed by atoms with E-state index in [-0.39, 0.29) is 0 Å². The average molecular weight is 237 g/mol. The third kappa shape index (κ3) is 1.95. The largest absolute Gasteiger partial charge is 0.315 e. The minimum Gasteiger partial charge on any atom is -0.315 e. The Morgan fingerprint density at radius 2 is 1.61 bits per heavy atom. The molecule has 0 unspecified atom stereocenters. The van der Waals surface area contributed by atoms with Gasteiger partial charge in [0.25, 0.3) is 0 Å². The highest BCUT2D eigenvalue weighted by Crippen LogP contribution is 2.33. The highest BCUT2D eigenvalue weighted by atomic mass is 15.0. The Bertz CT molecular complexity index is 526. The van der Waals surface area contributed by atoms with Gasteiger partial charge in [-0.15, -0.1) is 0 Å². The van der Waals surface area contributed by atoms with Crippen molar-refractivity contribution in [3.8, 4) is 0 Å². The van der Waals surface area contributed by atoms with Crippen LogP contribution >= 0.6 is 0 Å². The number of aryl methyl sites for hydroxylation is 1. The van der Waals surface area contributed by atoms with Crippen molar-refractivity contribution in [1.29, 1.82) is 0 Å². The van der Waals surface area contributed by atoms with E-state index in [1.54, 1.807) is 0 Å². The fourth-order valence-electron chi connectivity index (χ4n) is 2.82. The molecule has 2 aromatic rings. The van der Waals surface area contributed by atoms with Crippen LogP contribution in [0.3, 0.4) is 0 Å². The Morgan fingerprint density at radius 1 is 0.944 bits per heavy atom. The molecule has 0 aromatic heterocycles. The Morgan fingerprint density at radius 3 is 2.22 bits per heavy atom. The normalized spacial score (nSPS) is 17.2. The van der Waals surface area contributed by atoms with E-state index < -0.39 is 0 Å². The van der Waals surface area contributed by atoms with Gasteiger partial charge >= 0.3 is 0 Å². The summed E-state index contributed by atoms with van der Waals surface area (Å²) < 4.78 is 0. The van der Waals surface area contributed by atoms with Crippen molar-refractivity contribution in [3.05, 3.63) is 71.3 Å². The highest BCUT2D eigenvalue weighted by Gasteiger charge is 2.38. The van der Waals surface area contributed by atoms with E-state index in [0.29, 0.717) is 5.41 Å². The molecule has 1 fully saturated rings. The third-order valence-corrected chi connectivity index (χ3v) is 4.10. The SMILES string of the molecule is Cc1ccccc1CC1(c2ccccc2)CNC1. The van der Waals surface area contributed by atoms with Crippen LogP contribution in [0.2, 0.25) is 0 Å². The minimum absolute atomic E-state index is 0.299. The molecule has 0 bridgehead atoms. The molecule has 0 amide bonds. The molecule has 1 heterocycles. The van der Waals surface area contributed by atoms with Crippen molar-refractivity contribution in [2.75, 3.05) is 13.1 Å². The molecule has 1 saturated heterocycles. The van der Waals surface area contributed by atoms with E-state index in [1.165, 1.54) is 16.7 Å². The van der Waals surface area contributed by atoms with E-state index >= 15 is 0 Å². The van der Waals surface area contributed by atoms with Crippen molar-refractivity contribution < 1.29 is 0 Å². The minimum atomic E-state index is 0.299. The molecule has 3 rings (SSSR count). The summed E-state index contributed by atoms with van der Waals surface area (Å²) in [5, 5.41) is 3.44. The highest BCUT2D eigenvalue weighted by molar-refractivity contribution is 5.36. The van der Waals surface area contributed by atoms with Gasteiger partial charge in [0.05, 0.1) is 0 Å². The standard InChI is InChI=1S/C17H19N/c1-14-7-5-6-8-15(14)11-17(12-18-13-17)16-9-3-2-4-10-16/h2-10,18H,11-13H2,1H3. The van der Waals surface area contributed by atoms with E-state index in [4.69, 9.17) is 0 Å². The smallest absolute Gasteiger partial charge is 0.0243 e. The number of hydrogen-bond donors (Lipinski definition) is 1. The third-order valence-electron chi connectivity index (χ3n) is 4.10. The summed E-state index contributed by atoms with van der Waals surface area (Å²) >= 11 is 0. The van der Waals surface area contributed by atoms with Gasteiger partial charge in [-0.2, -0.15) is 0 Å². The summed E-state index contributed by atoms with van der Waals surface area (Å²) in [6.07, 6.45) is 1.14. The van der Waals surface area contributed by atoms with Crippen LogP contribution < -0.4 is 5.32 Å². The first kappa shape index (κ1) is 11.5. The summed E-state index contributed by atoms with van der Waals surface area (Å²) in [6.45, 7) is 4.39. The molecule has 0 aliphatic carbocycles. The Labute approximate surface area is 109 Å². The second kappa shape index (κ2) is 4.58. The van der Waals surface area contributed by atoms with Gasteiger partial charge in [-0.25, -0.2) is 0 Å². The fourth-order valence-corrected chi connectivity index (χ4v) is 2.82. The van der Waals surface area contributed by atoms with Crippen LogP contribution in [0.4, 0.5) is 0 Å². The molecular formula is C17H19N. The molecular weight excluding hydrogens is 218 g/mol. The zero-order valence-electron chi connectivity index (χ0n) is 10.8. The van der Waals surface area contributed by atoms with Gasteiger partial charge in [0.1, 0.15) is 0 Å². The quantitative estimate of drug-likeness (QED) is 0.865. The van der Waals surface area contributed by atoms with Gasteiger partial charge in [-0.05, 0) is 30.0 Å². The molecule has 1 aliphatic heterocycles. The summed E-state index contributed by atoms with van der Waals surface area (Å²) in [4.78, 5) is 0. The molecule has 0 saturated carbocycles. The van der Waals surface area contributed by atoms with Gasteiger partial charge in [-0.3, -0.25) is 0 Å². The maximum absolute atomic E-state index is 3.44. The zero-order chi connectivity index (χ0) is 12.4. The van der Waals surface area contributed by atoms with Crippen molar-refractivity contribution in [2.24, 2.45) is 0 Å². The summed E-state index contributed by atoms with van der Waals surface area (Å²) in [5.74, 6) is 0. The Hall–Kier alpha value is -1.60. The first-order chi connectivity index (χ1) is 8.80. The lowest BCUT2D eigenvalue weighted by Crippen LogP contribution is -2.58. The van der Waals surface area contributed by atoms with E-state index in [9.17, 15) is 0 Å². The molecule has 18 heavy (non-hydrogen) atoms. The van der Waals surface area contributed by atoms with Crippen LogP contribution in [0.25, 0.3) is 0 Å². The lowest BCUT2D eigenvalue weighted by Gasteiger charge is -2.44. The number of nitrogens with one attached hydrogen (secondary N) is 1. The van der Waals surface area contributed by atoms with E-state index in [2.05, 4.69) is 66.8 Å². The zero-order valence-corrected chi connectivity index (χ0v) is 10.8. The Balaban J connectivity index is 1.92. The maximum Gasteiger partial charge on any atom is 0.0243 e. The molecule has 92 valence electrons. The average Bonchev–Trinajstić information content (AvgIpc) is 2.37. The Kier molecular flexibility index (Phi) is 2.92. The molecule has 1 nitrogen and oxygen atoms in total. The molecule has 1 heteroatoms. The number of hydrogen-bond acceptors (Lipinski definition) is 1. The van der Waals surface area contributed by atoms with Crippen LogP contribution in [0, 0.1) is 6.92 Å². The lowest BCUT2D eigenvalue weighted by atomic mass is 9.70. The van der Waals surface area contributed by atoms with Crippen LogP contribution in [0.5, 0.6) is 0 Å². The predicted octanol–water partition coefficient (Wildman–Crippen LogP) is 3.08. The topological polar surface area (TPSA) is 12.0 Å². The van der Waals surface area contributed by atoms with Gasteiger partial charge in [-0.1, -0.05) is 54.6 Å². The van der Waals surface area contributed by atoms with Crippen LogP contribution in [-0.2, 0) is 11.8 Å². The van der Waals surface area contributed by atoms with E-state index in [0.717, 1.165) is 19.5 Å². The van der Waals surface area contributed by atoms with E-state index in [1.807, 2.05) is 0 Å². The predicted molar refractivity (Wildman–Crippen MR) is 75.9 cm³/mol. The van der Waals surface area contributed by atoms with Crippen molar-refractivity contribution in [3.63, 3.8) is 0 Å². The van der Waals surface area contributed by atoms with Crippen molar-refractivity contribution in [1.82, 2.24) is 5.32 Å². The first-order valence-corrected chi connectivity index (χ1v) is 6.61. The van der Waals surface area contributed by atoms with Crippen LogP contribution in [-0.4, -0.2) is 13.1 Å². The summed E-state index contributed by atoms with van der Waals surface area (Å²) in [6, 6.07) is 19.6. The van der Waals surface area contributed by atoms with Crippen LogP contribution in [0.1, 0.15) is 16.7 Å². The monoisotopic (exact) mass is 237 g/mol. The number of rotatable bonds is 3. The molecule has 1 aliphatic rings. The first-order valence-electron chi connectivity index (χ1n) is 6.61. The van der Waals surface area contributed by atoms with Gasteiger partial charge in [0, 0.05) is 18.5 Å². The molecule has 2 aromatic carbocycles. The molecule has 0 atom stereocenters. The summed E-state index contributed by atoms with van der Waals surface area (Å²) in [7, 11) is 0. The second-order valence-electron chi connectivity index (χ2n) is 5.35. The maximum atomic E-state index is 3.44. The molecule has 0 radical (unpaired) electrons. The fraction of sp³-hybridized carbons (Fsp3) is 0.294. The van der Waals surface area contributed by atoms with Crippen LogP contribution in [0.15, 0.2) is 54.6 Å². The van der Waals surface area contributed by atoms with Gasteiger partial charge < -0.3 is 5.32 Å². The van der Waals surface area contributed by atoms with Crippen molar-refractivity contribution in [2.45, 2.75) is 18.8 Å². The molecule has 1 N–H and O–H groups in total. The van der Waals surface area contributed by atoms with Gasteiger partial charge in [0.2, 0.25) is 0 Å². The molecule has 0 spiro atoms. The van der Waals surface area contributed by atoms with Gasteiger partial charge in [0.15, 0.2) is 0 Å². The number of benzene rings is 2. The van der Waals surface area contributed by atoms with Crippen molar-refractivity contribution >= 4 is 0 Å². The lowest BCUT2D eigenvalue weighted by molar-refractivity contribution is 0.274. The second-order valence-corrected chi connectivity index (χ2v) is 5.35. The summed E-state index contributed by atoms with van der Waals surface area (Å²) in [5.41, 5.74) is 4.64.